The second-order valence-electron chi connectivity index (χ2n) is 13.4. The smallest absolute Gasteiger partial charge is 0.333 e. The fourth-order valence-electron chi connectivity index (χ4n) is 5.92. The molecule has 0 radical (unpaired) electrons. The predicted molar refractivity (Wildman–Crippen MR) is 210 cm³/mol. The van der Waals surface area contributed by atoms with Gasteiger partial charge in [0.15, 0.2) is 0 Å². The number of hydrogen-bond donors (Lipinski definition) is 0. The Balaban J connectivity index is 1.66. The van der Waals surface area contributed by atoms with Crippen molar-refractivity contribution in [2.24, 2.45) is 0 Å². The van der Waals surface area contributed by atoms with Crippen LogP contribution in [0.25, 0.3) is 11.1 Å². The lowest BCUT2D eigenvalue weighted by atomic mass is 9.91. The first-order chi connectivity index (χ1) is 25.6. The number of rotatable bonds is 26. The number of nitro groups is 1. The van der Waals surface area contributed by atoms with E-state index in [2.05, 4.69) is 68.6 Å². The Morgan fingerprint density at radius 2 is 1.23 bits per heavy atom. The highest BCUT2D eigenvalue weighted by Gasteiger charge is 2.16. The van der Waals surface area contributed by atoms with Crippen molar-refractivity contribution in [2.75, 3.05) is 33.0 Å². The van der Waals surface area contributed by atoms with E-state index in [1.54, 1.807) is 13.8 Å². The number of esters is 2. The van der Waals surface area contributed by atoms with Gasteiger partial charge >= 0.3 is 11.9 Å². The average Bonchev–Trinajstić information content (AvgIpc) is 3.15. The van der Waals surface area contributed by atoms with Gasteiger partial charge in [-0.25, -0.2) is 9.59 Å². The molecule has 3 aromatic carbocycles. The number of hydrogen-bond acceptors (Lipinski definition) is 8. The third-order valence-corrected chi connectivity index (χ3v) is 8.83. The van der Waals surface area contributed by atoms with Gasteiger partial charge in [0.25, 0.3) is 0 Å². The maximum Gasteiger partial charge on any atom is 0.333 e. The van der Waals surface area contributed by atoms with Gasteiger partial charge in [0.05, 0.1) is 26.4 Å². The van der Waals surface area contributed by atoms with E-state index in [1.807, 2.05) is 12.1 Å². The zero-order valence-electron chi connectivity index (χ0n) is 31.9. The van der Waals surface area contributed by atoms with Gasteiger partial charge in [-0.3, -0.25) is 10.1 Å². The summed E-state index contributed by atoms with van der Waals surface area (Å²) in [7, 11) is 0. The number of aryl methyl sites for hydroxylation is 4. The first-order valence-electron chi connectivity index (χ1n) is 18.9. The van der Waals surface area contributed by atoms with Crippen LogP contribution in [0, 0.1) is 10.1 Å². The minimum atomic E-state index is -0.388. The highest BCUT2D eigenvalue weighted by Crippen LogP contribution is 2.35. The quantitative estimate of drug-likeness (QED) is 0.0264. The SMILES string of the molecule is C=C(C)C(=O)OCCCc1cc(-c2ccccc2CC)cc(CCCOC(=O)C(=C)C)c1OCCCCCc1ccc(OCCCCC[N+](=O)[O-])cc1. The molecular weight excluding hydrogens is 670 g/mol. The van der Waals surface area contributed by atoms with E-state index in [0.29, 0.717) is 56.5 Å². The first-order valence-corrected chi connectivity index (χ1v) is 18.9. The molecule has 0 aromatic heterocycles. The maximum atomic E-state index is 12.0. The minimum Gasteiger partial charge on any atom is -0.494 e. The third kappa shape index (κ3) is 15.7. The van der Waals surface area contributed by atoms with E-state index in [9.17, 15) is 19.7 Å². The molecule has 0 fully saturated rings. The molecule has 0 saturated carbocycles. The number of unbranched alkanes of at least 4 members (excludes halogenated alkanes) is 4. The highest BCUT2D eigenvalue weighted by atomic mass is 16.6. The van der Waals surface area contributed by atoms with Gasteiger partial charge in [-0.1, -0.05) is 56.5 Å². The summed E-state index contributed by atoms with van der Waals surface area (Å²) in [4.78, 5) is 34.2. The van der Waals surface area contributed by atoms with Crippen molar-refractivity contribution < 1.29 is 33.5 Å². The number of nitrogens with zero attached hydrogens (tertiary/aromatic N) is 1. The lowest BCUT2D eigenvalue weighted by Gasteiger charge is -2.20. The summed E-state index contributed by atoms with van der Waals surface area (Å²) >= 11 is 0. The molecule has 53 heavy (non-hydrogen) atoms. The Bertz CT molecular complexity index is 1590. The van der Waals surface area contributed by atoms with E-state index in [1.165, 1.54) is 16.7 Å². The molecule has 0 saturated heterocycles. The Kier molecular flexibility index (Phi) is 18.9. The molecule has 0 spiro atoms. The lowest BCUT2D eigenvalue weighted by Crippen LogP contribution is -2.10. The molecule has 0 aliphatic carbocycles. The minimum absolute atomic E-state index is 0.0112. The molecule has 3 rings (SSSR count). The van der Waals surface area contributed by atoms with Crippen molar-refractivity contribution in [3.63, 3.8) is 0 Å². The van der Waals surface area contributed by atoms with Crippen molar-refractivity contribution in [1.29, 1.82) is 0 Å². The summed E-state index contributed by atoms with van der Waals surface area (Å²) in [5, 5.41) is 10.4. The van der Waals surface area contributed by atoms with Crippen LogP contribution in [0.5, 0.6) is 11.5 Å². The fourth-order valence-corrected chi connectivity index (χ4v) is 5.92. The summed E-state index contributed by atoms with van der Waals surface area (Å²) in [6.07, 6.45) is 9.54. The maximum absolute atomic E-state index is 12.0. The number of benzene rings is 3. The van der Waals surface area contributed by atoms with Crippen molar-refractivity contribution in [3.8, 4) is 22.6 Å². The Hall–Kier alpha value is -4.92. The van der Waals surface area contributed by atoms with Crippen molar-refractivity contribution in [3.05, 3.63) is 117 Å². The predicted octanol–water partition coefficient (Wildman–Crippen LogP) is 9.64. The summed E-state index contributed by atoms with van der Waals surface area (Å²) in [5.74, 6) is 0.894. The van der Waals surface area contributed by atoms with Crippen LogP contribution in [0.4, 0.5) is 0 Å². The number of ether oxygens (including phenoxy) is 4. The molecule has 9 heteroatoms. The van der Waals surface area contributed by atoms with Gasteiger partial charge in [-0.15, -0.1) is 0 Å². The fraction of sp³-hybridized carbons (Fsp3) is 0.455. The van der Waals surface area contributed by atoms with E-state index in [-0.39, 0.29) is 36.6 Å². The van der Waals surface area contributed by atoms with Gasteiger partial charge in [-0.05, 0) is 142 Å². The Labute approximate surface area is 315 Å². The van der Waals surface area contributed by atoms with Crippen LogP contribution in [0.15, 0.2) is 85.0 Å². The first kappa shape index (κ1) is 42.5. The number of carbonyl (C=O) groups excluding carboxylic acids is 2. The van der Waals surface area contributed by atoms with Crippen molar-refractivity contribution in [1.82, 2.24) is 0 Å². The summed E-state index contributed by atoms with van der Waals surface area (Å²) in [6, 6.07) is 21.0. The standard InChI is InChI=1S/C44H57NO8/c1-6-36-18-10-11-21-41(36)39-31-37(19-15-29-52-43(46)33(2)3)42(38(32-39)20-16-30-53-44(47)34(4)5)51-28-13-7-9-17-35-22-24-40(25-23-35)50-27-14-8-12-26-45(48)49/h10-11,18,21-25,31-32H,2,4,6-9,12-17,19-20,26-30H2,1,3,5H3. The van der Waals surface area contributed by atoms with Gasteiger partial charge in [0.2, 0.25) is 6.54 Å². The van der Waals surface area contributed by atoms with Gasteiger partial charge < -0.3 is 18.9 Å². The van der Waals surface area contributed by atoms with Crippen molar-refractivity contribution in [2.45, 2.75) is 97.8 Å². The monoisotopic (exact) mass is 727 g/mol. The molecule has 0 heterocycles. The van der Waals surface area contributed by atoms with Crippen LogP contribution in [0.3, 0.4) is 0 Å². The molecule has 0 atom stereocenters. The molecule has 0 N–H and O–H groups in total. The Morgan fingerprint density at radius 1 is 0.660 bits per heavy atom. The molecule has 0 aliphatic heterocycles. The largest absolute Gasteiger partial charge is 0.494 e. The van der Waals surface area contributed by atoms with Crippen LogP contribution in [-0.2, 0) is 44.7 Å². The molecule has 0 amide bonds. The zero-order valence-corrected chi connectivity index (χ0v) is 31.9. The van der Waals surface area contributed by atoms with E-state index in [0.717, 1.165) is 73.1 Å². The zero-order chi connectivity index (χ0) is 38.4. The van der Waals surface area contributed by atoms with Crippen LogP contribution >= 0.6 is 0 Å². The van der Waals surface area contributed by atoms with E-state index < -0.39 is 0 Å². The molecule has 0 bridgehead atoms. The second-order valence-corrected chi connectivity index (χ2v) is 13.4. The summed E-state index contributed by atoms with van der Waals surface area (Å²) in [5.41, 5.74) is 7.68. The van der Waals surface area contributed by atoms with Crippen LogP contribution in [0.2, 0.25) is 0 Å². The molecule has 286 valence electrons. The molecular formula is C44H57NO8. The summed E-state index contributed by atoms with van der Waals surface area (Å²) < 4.78 is 23.2. The van der Waals surface area contributed by atoms with Gasteiger partial charge in [0, 0.05) is 22.5 Å². The van der Waals surface area contributed by atoms with E-state index in [4.69, 9.17) is 18.9 Å². The summed E-state index contributed by atoms with van der Waals surface area (Å²) in [6.45, 7) is 14.5. The second kappa shape index (κ2) is 23.6. The van der Waals surface area contributed by atoms with Crippen LogP contribution < -0.4 is 9.47 Å². The third-order valence-electron chi connectivity index (χ3n) is 8.83. The van der Waals surface area contributed by atoms with E-state index >= 15 is 0 Å². The molecule has 0 unspecified atom stereocenters. The average molecular weight is 728 g/mol. The normalized spacial score (nSPS) is 10.8. The lowest BCUT2D eigenvalue weighted by molar-refractivity contribution is -0.480. The molecule has 9 nitrogen and oxygen atoms in total. The van der Waals surface area contributed by atoms with Crippen molar-refractivity contribution >= 4 is 11.9 Å². The molecule has 3 aromatic rings. The van der Waals surface area contributed by atoms with Crippen LogP contribution in [-0.4, -0.2) is 49.8 Å². The molecule has 0 aliphatic rings. The van der Waals surface area contributed by atoms with Crippen LogP contribution in [0.1, 0.15) is 94.4 Å². The topological polar surface area (TPSA) is 114 Å². The van der Waals surface area contributed by atoms with Gasteiger partial charge in [-0.2, -0.15) is 0 Å². The highest BCUT2D eigenvalue weighted by molar-refractivity contribution is 5.87. The number of carbonyl (C=O) groups is 2. The van der Waals surface area contributed by atoms with Gasteiger partial charge in [0.1, 0.15) is 11.5 Å². The Morgan fingerprint density at radius 3 is 1.79 bits per heavy atom.